The van der Waals surface area contributed by atoms with Crippen LogP contribution in [0.5, 0.6) is 0 Å². The van der Waals surface area contributed by atoms with Crippen LogP contribution in [0.15, 0.2) is 83.8 Å². The van der Waals surface area contributed by atoms with E-state index in [9.17, 15) is 17.6 Å². The second-order valence-electron chi connectivity index (χ2n) is 6.52. The SMILES string of the molecule is O=C(Cc1ccc(NS(=O)(=O)c2ccc(F)cc2)cc1)NCCc1ccccc1. The highest BCUT2D eigenvalue weighted by Gasteiger charge is 2.14. The molecule has 0 fully saturated rings. The van der Waals surface area contributed by atoms with Crippen LogP contribution >= 0.6 is 0 Å². The van der Waals surface area contributed by atoms with Crippen LogP contribution < -0.4 is 10.0 Å². The third-order valence-electron chi connectivity index (χ3n) is 4.27. The Bertz CT molecular complexity index is 1050. The third kappa shape index (κ3) is 6.15. The van der Waals surface area contributed by atoms with Gasteiger partial charge in [0.2, 0.25) is 5.91 Å². The Morgan fingerprint density at radius 3 is 2.14 bits per heavy atom. The maximum absolute atomic E-state index is 13.0. The standard InChI is InChI=1S/C22H21FN2O3S/c23-19-8-12-21(13-9-19)29(27,28)25-20-10-6-18(7-11-20)16-22(26)24-15-14-17-4-2-1-3-5-17/h1-13,25H,14-16H2,(H,24,26). The van der Waals surface area contributed by atoms with Crippen molar-refractivity contribution >= 4 is 21.6 Å². The van der Waals surface area contributed by atoms with Gasteiger partial charge in [-0.2, -0.15) is 0 Å². The van der Waals surface area contributed by atoms with Crippen molar-refractivity contribution in [2.45, 2.75) is 17.7 Å². The number of carbonyl (C=O) groups is 1. The number of hydrogen-bond donors (Lipinski definition) is 2. The van der Waals surface area contributed by atoms with Gasteiger partial charge in [0, 0.05) is 12.2 Å². The lowest BCUT2D eigenvalue weighted by Crippen LogP contribution is -2.27. The van der Waals surface area contributed by atoms with Crippen LogP contribution in [0, 0.1) is 5.82 Å². The first-order valence-electron chi connectivity index (χ1n) is 9.10. The Morgan fingerprint density at radius 1 is 0.828 bits per heavy atom. The van der Waals surface area contributed by atoms with E-state index in [1.165, 1.54) is 12.1 Å². The number of amides is 1. The molecule has 0 saturated heterocycles. The van der Waals surface area contributed by atoms with E-state index < -0.39 is 15.8 Å². The molecule has 2 N–H and O–H groups in total. The number of sulfonamides is 1. The average Bonchev–Trinajstić information content (AvgIpc) is 2.70. The molecule has 3 rings (SSSR count). The van der Waals surface area contributed by atoms with Gasteiger partial charge in [0.25, 0.3) is 10.0 Å². The van der Waals surface area contributed by atoms with E-state index in [4.69, 9.17) is 0 Å². The first-order valence-corrected chi connectivity index (χ1v) is 10.6. The molecule has 3 aromatic rings. The number of hydrogen-bond acceptors (Lipinski definition) is 3. The summed E-state index contributed by atoms with van der Waals surface area (Å²) in [6.45, 7) is 0.554. The minimum absolute atomic E-state index is 0.0271. The predicted molar refractivity (Wildman–Crippen MR) is 111 cm³/mol. The Balaban J connectivity index is 1.51. The zero-order valence-electron chi connectivity index (χ0n) is 15.6. The summed E-state index contributed by atoms with van der Waals surface area (Å²) in [6, 6.07) is 21.0. The second-order valence-corrected chi connectivity index (χ2v) is 8.20. The highest BCUT2D eigenvalue weighted by Crippen LogP contribution is 2.17. The molecule has 1 amide bonds. The third-order valence-corrected chi connectivity index (χ3v) is 5.67. The summed E-state index contributed by atoms with van der Waals surface area (Å²) in [5, 5.41) is 2.88. The molecule has 7 heteroatoms. The van der Waals surface area contributed by atoms with Gasteiger partial charge < -0.3 is 5.32 Å². The maximum Gasteiger partial charge on any atom is 0.261 e. The second kappa shape index (κ2) is 9.34. The topological polar surface area (TPSA) is 75.3 Å². The normalized spacial score (nSPS) is 11.1. The lowest BCUT2D eigenvalue weighted by molar-refractivity contribution is -0.120. The summed E-state index contributed by atoms with van der Waals surface area (Å²) in [4.78, 5) is 12.0. The fourth-order valence-electron chi connectivity index (χ4n) is 2.76. The Labute approximate surface area is 169 Å². The summed E-state index contributed by atoms with van der Waals surface area (Å²) < 4.78 is 40.0. The molecule has 0 atom stereocenters. The van der Waals surface area contributed by atoms with E-state index in [1.807, 2.05) is 30.3 Å². The highest BCUT2D eigenvalue weighted by atomic mass is 32.2. The average molecular weight is 412 g/mol. The number of rotatable bonds is 8. The minimum Gasteiger partial charge on any atom is -0.355 e. The van der Waals surface area contributed by atoms with Crippen molar-refractivity contribution in [3.05, 3.63) is 95.8 Å². The van der Waals surface area contributed by atoms with Gasteiger partial charge in [0.1, 0.15) is 5.82 Å². The quantitative estimate of drug-likeness (QED) is 0.594. The summed E-state index contributed by atoms with van der Waals surface area (Å²) in [7, 11) is -3.80. The smallest absolute Gasteiger partial charge is 0.261 e. The van der Waals surface area contributed by atoms with Gasteiger partial charge in [-0.25, -0.2) is 12.8 Å². The fourth-order valence-corrected chi connectivity index (χ4v) is 3.82. The molecule has 0 saturated carbocycles. The molecule has 0 heterocycles. The summed E-state index contributed by atoms with van der Waals surface area (Å²) >= 11 is 0. The zero-order chi connectivity index (χ0) is 20.7. The lowest BCUT2D eigenvalue weighted by atomic mass is 10.1. The van der Waals surface area contributed by atoms with Crippen LogP contribution in [0.2, 0.25) is 0 Å². The highest BCUT2D eigenvalue weighted by molar-refractivity contribution is 7.92. The number of halogens is 1. The first-order chi connectivity index (χ1) is 13.9. The van der Waals surface area contributed by atoms with Crippen LogP contribution in [-0.4, -0.2) is 20.9 Å². The molecule has 5 nitrogen and oxygen atoms in total. The van der Waals surface area contributed by atoms with Gasteiger partial charge >= 0.3 is 0 Å². The predicted octanol–water partition coefficient (Wildman–Crippen LogP) is 3.53. The molecule has 0 aliphatic rings. The lowest BCUT2D eigenvalue weighted by Gasteiger charge is -2.09. The molecule has 0 aliphatic heterocycles. The van der Waals surface area contributed by atoms with E-state index in [1.54, 1.807) is 24.3 Å². The fraction of sp³-hybridized carbons (Fsp3) is 0.136. The Kier molecular flexibility index (Phi) is 6.61. The number of anilines is 1. The van der Waals surface area contributed by atoms with Gasteiger partial charge in [-0.3, -0.25) is 9.52 Å². The van der Waals surface area contributed by atoms with E-state index in [0.29, 0.717) is 12.2 Å². The molecule has 0 bridgehead atoms. The molecule has 0 spiro atoms. The molecule has 3 aromatic carbocycles. The van der Waals surface area contributed by atoms with E-state index in [0.717, 1.165) is 29.7 Å². The molecule has 0 aromatic heterocycles. The molecule has 0 unspecified atom stereocenters. The van der Waals surface area contributed by atoms with Crippen LogP contribution in [-0.2, 0) is 27.7 Å². The zero-order valence-corrected chi connectivity index (χ0v) is 16.5. The Hall–Kier alpha value is -3.19. The number of nitrogens with one attached hydrogen (secondary N) is 2. The summed E-state index contributed by atoms with van der Waals surface area (Å²) in [5.41, 5.74) is 2.29. The number of carbonyl (C=O) groups excluding carboxylic acids is 1. The van der Waals surface area contributed by atoms with Gasteiger partial charge in [0.15, 0.2) is 0 Å². The van der Waals surface area contributed by atoms with Crippen molar-refractivity contribution in [1.29, 1.82) is 0 Å². The number of benzene rings is 3. The largest absolute Gasteiger partial charge is 0.355 e. The van der Waals surface area contributed by atoms with Crippen molar-refractivity contribution in [1.82, 2.24) is 5.32 Å². The maximum atomic E-state index is 13.0. The van der Waals surface area contributed by atoms with E-state index >= 15 is 0 Å². The van der Waals surface area contributed by atoms with Gasteiger partial charge in [-0.05, 0) is 53.9 Å². The van der Waals surface area contributed by atoms with Crippen LogP contribution in [0.25, 0.3) is 0 Å². The van der Waals surface area contributed by atoms with Crippen LogP contribution in [0.4, 0.5) is 10.1 Å². The van der Waals surface area contributed by atoms with Crippen LogP contribution in [0.1, 0.15) is 11.1 Å². The van der Waals surface area contributed by atoms with Crippen molar-refractivity contribution in [2.75, 3.05) is 11.3 Å². The van der Waals surface area contributed by atoms with Gasteiger partial charge in [-0.1, -0.05) is 42.5 Å². The molecule has 0 aliphatic carbocycles. The van der Waals surface area contributed by atoms with Crippen molar-refractivity contribution in [3.8, 4) is 0 Å². The molecule has 0 radical (unpaired) electrons. The van der Waals surface area contributed by atoms with Crippen LogP contribution in [0.3, 0.4) is 0 Å². The summed E-state index contributed by atoms with van der Waals surface area (Å²) in [6.07, 6.45) is 0.969. The van der Waals surface area contributed by atoms with Crippen molar-refractivity contribution in [3.63, 3.8) is 0 Å². The van der Waals surface area contributed by atoms with E-state index in [-0.39, 0.29) is 17.2 Å². The summed E-state index contributed by atoms with van der Waals surface area (Å²) in [5.74, 6) is -0.601. The van der Waals surface area contributed by atoms with Gasteiger partial charge in [-0.15, -0.1) is 0 Å². The molecular weight excluding hydrogens is 391 g/mol. The molecule has 150 valence electrons. The minimum atomic E-state index is -3.80. The molecule has 29 heavy (non-hydrogen) atoms. The van der Waals surface area contributed by atoms with Crippen molar-refractivity contribution in [2.24, 2.45) is 0 Å². The first kappa shape index (κ1) is 20.5. The molecular formula is C22H21FN2O3S. The van der Waals surface area contributed by atoms with Gasteiger partial charge in [0.05, 0.1) is 11.3 Å². The Morgan fingerprint density at radius 2 is 1.48 bits per heavy atom. The van der Waals surface area contributed by atoms with Crippen molar-refractivity contribution < 1.29 is 17.6 Å². The van der Waals surface area contributed by atoms with E-state index in [2.05, 4.69) is 10.0 Å². The monoisotopic (exact) mass is 412 g/mol.